The number of halogens is 6. The fourth-order valence-electron chi connectivity index (χ4n) is 1.08. The van der Waals surface area contributed by atoms with Crippen LogP contribution < -0.4 is 4.46 Å². The van der Waals surface area contributed by atoms with Crippen LogP contribution in [0.2, 0.25) is 0 Å². The molecule has 0 nitrogen and oxygen atoms in total. The summed E-state index contributed by atoms with van der Waals surface area (Å²) < 4.78 is 62.1. The maximum atomic E-state index is 9.87. The molecule has 2 rings (SSSR count). The van der Waals surface area contributed by atoms with Gasteiger partial charge in [-0.15, -0.1) is 0 Å². The average molecular weight is 343 g/mol. The third-order valence-corrected chi connectivity index (χ3v) is 3.11. The van der Waals surface area contributed by atoms with E-state index in [-0.39, 0.29) is 0 Å². The predicted octanol–water partition coefficient (Wildman–Crippen LogP) is 5.62. The molecule has 0 bridgehead atoms. The number of hydrogen-bond acceptors (Lipinski definition) is 0. The molecule has 0 aliphatic heterocycles. The molecular formula is C11H10F6FeP-. The van der Waals surface area contributed by atoms with Crippen LogP contribution in [0.3, 0.4) is 0 Å². The first-order valence-corrected chi connectivity index (χ1v) is 8.13. The van der Waals surface area contributed by atoms with E-state index in [0.29, 0.717) is 0 Å². The van der Waals surface area contributed by atoms with Crippen LogP contribution in [-0.4, -0.2) is 0 Å². The second kappa shape index (κ2) is 4.97. The molecule has 0 atom stereocenters. The van der Waals surface area contributed by atoms with Gasteiger partial charge in [-0.05, 0) is 0 Å². The van der Waals surface area contributed by atoms with Gasteiger partial charge in [-0.3, -0.25) is 0 Å². The number of rotatable bonds is 2. The fraction of sp³-hybridized carbons (Fsp3) is 0.0909. The van der Waals surface area contributed by atoms with Gasteiger partial charge in [-0.25, -0.2) is 0 Å². The quantitative estimate of drug-likeness (QED) is 0.371. The zero-order valence-corrected chi connectivity index (χ0v) is 11.4. The van der Waals surface area contributed by atoms with Crippen molar-refractivity contribution in [2.75, 3.05) is 0 Å². The number of hydrogen-bond donors (Lipinski definition) is 0. The topological polar surface area (TPSA) is 0 Å². The van der Waals surface area contributed by atoms with Crippen molar-refractivity contribution >= 4 is 12.3 Å². The van der Waals surface area contributed by atoms with E-state index in [4.69, 9.17) is 0 Å². The predicted molar refractivity (Wildman–Crippen MR) is 61.5 cm³/mol. The summed E-state index contributed by atoms with van der Waals surface area (Å²) in [6.45, 7) is 0. The van der Waals surface area contributed by atoms with Gasteiger partial charge in [-0.1, -0.05) is 0 Å². The molecule has 1 aliphatic carbocycles. The Balaban J connectivity index is 0.000000224. The van der Waals surface area contributed by atoms with Crippen LogP contribution >= 0.6 is 7.81 Å². The minimum absolute atomic E-state index is 1.10. The van der Waals surface area contributed by atoms with E-state index < -0.39 is 7.81 Å². The van der Waals surface area contributed by atoms with Crippen LogP contribution in [0.1, 0.15) is 6.42 Å². The molecular weight excluding hydrogens is 333 g/mol. The zero-order chi connectivity index (χ0) is 14.6. The van der Waals surface area contributed by atoms with Gasteiger partial charge in [0.15, 0.2) is 0 Å². The van der Waals surface area contributed by atoms with Gasteiger partial charge in [0.2, 0.25) is 0 Å². The molecule has 0 spiro atoms. The molecule has 8 heteroatoms. The molecule has 0 fully saturated rings. The van der Waals surface area contributed by atoms with E-state index >= 15 is 0 Å². The first kappa shape index (κ1) is 16.3. The molecule has 0 saturated carbocycles. The summed E-state index contributed by atoms with van der Waals surface area (Å²) >= 11 is 1.10. The summed E-state index contributed by atoms with van der Waals surface area (Å²) in [5.41, 5.74) is 0. The van der Waals surface area contributed by atoms with Gasteiger partial charge in [0, 0.05) is 0 Å². The summed E-state index contributed by atoms with van der Waals surface area (Å²) in [4.78, 5) is 0. The summed E-state index contributed by atoms with van der Waals surface area (Å²) in [6, 6.07) is 10.6. The van der Waals surface area contributed by atoms with E-state index in [0.717, 1.165) is 21.4 Å². The van der Waals surface area contributed by atoms with Crippen molar-refractivity contribution in [2.24, 2.45) is 0 Å². The molecule has 0 saturated heterocycles. The summed E-state index contributed by atoms with van der Waals surface area (Å²) in [5.74, 6) is 0. The van der Waals surface area contributed by atoms with Crippen LogP contribution in [-0.2, 0) is 15.0 Å². The van der Waals surface area contributed by atoms with Gasteiger partial charge in [0.05, 0.1) is 0 Å². The summed E-state index contributed by atoms with van der Waals surface area (Å²) in [6.07, 6.45) is 7.69. The number of allylic oxidation sites excluding steroid dienone is 4. The standard InChI is InChI=1S/C6H5.C5H5.F6P.Fe/c1-2-4-6-5-3-1;1-2-4-5-3-1;1-7(2,3,4,5)6;/h1-5H;1-3H,4H2;;/q;;-1;. The SMILES string of the molecule is C1=CC[C]([Fe][c]2ccccc2)=C1.F[P-](F)(F)(F)(F)F. The van der Waals surface area contributed by atoms with Crippen molar-refractivity contribution in [1.82, 2.24) is 0 Å². The Morgan fingerprint density at radius 1 is 0.895 bits per heavy atom. The second-order valence-electron chi connectivity index (χ2n) is 3.56. The first-order chi connectivity index (χ1) is 8.40. The average Bonchev–Trinajstić information content (AvgIpc) is 2.67. The Kier molecular flexibility index (Phi) is 4.26. The number of benzene rings is 1. The van der Waals surface area contributed by atoms with Gasteiger partial charge in [0.1, 0.15) is 0 Å². The molecule has 1 aromatic rings. The van der Waals surface area contributed by atoms with Crippen LogP contribution in [0.15, 0.2) is 53.0 Å². The van der Waals surface area contributed by atoms with Crippen molar-refractivity contribution in [3.05, 3.63) is 53.0 Å². The van der Waals surface area contributed by atoms with Gasteiger partial charge in [0.25, 0.3) is 0 Å². The third kappa shape index (κ3) is 12.0. The molecule has 19 heavy (non-hydrogen) atoms. The van der Waals surface area contributed by atoms with Gasteiger partial charge in [-0.2, -0.15) is 0 Å². The molecule has 0 unspecified atom stereocenters. The monoisotopic (exact) mass is 343 g/mol. The minimum atomic E-state index is -10.7. The fourth-order valence-corrected chi connectivity index (χ4v) is 2.33. The molecule has 0 N–H and O–H groups in total. The van der Waals surface area contributed by atoms with E-state index in [1.807, 2.05) is 0 Å². The Labute approximate surface area is 112 Å². The van der Waals surface area contributed by atoms with Gasteiger partial charge < -0.3 is 0 Å². The van der Waals surface area contributed by atoms with Crippen molar-refractivity contribution in [3.8, 4) is 0 Å². The van der Waals surface area contributed by atoms with Crippen molar-refractivity contribution in [3.63, 3.8) is 0 Å². The van der Waals surface area contributed by atoms with E-state index in [1.165, 1.54) is 8.93 Å². The summed E-state index contributed by atoms with van der Waals surface area (Å²) in [7, 11) is -10.7. The van der Waals surface area contributed by atoms with E-state index in [2.05, 4.69) is 48.6 Å². The van der Waals surface area contributed by atoms with Crippen LogP contribution in [0.5, 0.6) is 0 Å². The molecule has 0 radical (unpaired) electrons. The van der Waals surface area contributed by atoms with Crippen LogP contribution in [0.4, 0.5) is 25.2 Å². The molecule has 1 aliphatic rings. The summed E-state index contributed by atoms with van der Waals surface area (Å²) in [5, 5.41) is 0. The Bertz CT molecular complexity index is 477. The third-order valence-electron chi connectivity index (χ3n) is 1.66. The van der Waals surface area contributed by atoms with Crippen LogP contribution in [0, 0.1) is 0 Å². The van der Waals surface area contributed by atoms with Crippen molar-refractivity contribution in [1.29, 1.82) is 0 Å². The van der Waals surface area contributed by atoms with Gasteiger partial charge >= 0.3 is 112 Å². The normalized spacial score (nSPS) is 18.1. The maximum absolute atomic E-state index is 10.7. The second-order valence-corrected chi connectivity index (χ2v) is 7.10. The first-order valence-electron chi connectivity index (χ1n) is 5.00. The molecule has 0 amide bonds. The Morgan fingerprint density at radius 3 is 1.84 bits per heavy atom. The molecule has 1 aromatic carbocycles. The molecule has 110 valence electrons. The Hall–Kier alpha value is -0.771. The molecule has 0 heterocycles. The van der Waals surface area contributed by atoms with Crippen LogP contribution in [0.25, 0.3) is 0 Å². The van der Waals surface area contributed by atoms with Crippen molar-refractivity contribution < 1.29 is 40.1 Å². The van der Waals surface area contributed by atoms with E-state index in [9.17, 15) is 25.2 Å². The zero-order valence-electron chi connectivity index (χ0n) is 9.39. The Morgan fingerprint density at radius 2 is 1.42 bits per heavy atom. The van der Waals surface area contributed by atoms with Crippen molar-refractivity contribution in [2.45, 2.75) is 6.42 Å². The van der Waals surface area contributed by atoms with E-state index in [1.54, 1.807) is 0 Å². The molecule has 0 aromatic heterocycles.